The fourth-order valence-corrected chi connectivity index (χ4v) is 0. The predicted octanol–water partition coefficient (Wildman–Crippen LogP) is -1.14. The van der Waals surface area contributed by atoms with E-state index in [2.05, 4.69) is 0 Å². The minimum absolute atomic E-state index is 0. The van der Waals surface area contributed by atoms with Gasteiger partial charge in [-0.25, -0.2) is 0 Å². The summed E-state index contributed by atoms with van der Waals surface area (Å²) in [6.07, 6.45) is 0. The van der Waals surface area contributed by atoms with Crippen LogP contribution >= 0.6 is 0 Å². The summed E-state index contributed by atoms with van der Waals surface area (Å²) in [6, 6.07) is 0. The van der Waals surface area contributed by atoms with Crippen molar-refractivity contribution in [2.24, 2.45) is 0 Å². The first-order chi connectivity index (χ1) is 0. The molecule has 4 heavy (non-hydrogen) atoms. The Bertz CT molecular complexity index is 8.00. The van der Waals surface area contributed by atoms with E-state index in [1.165, 1.54) is 0 Å². The van der Waals surface area contributed by atoms with E-state index in [-0.39, 0.29) is 96.9 Å². The van der Waals surface area contributed by atoms with Gasteiger partial charge in [-0.05, 0) is 0 Å². The minimum Gasteiger partial charge on any atom is 0 e. The Morgan fingerprint density at radius 1 is 1.00 bits per heavy atom. The molecule has 0 atom stereocenters. The van der Waals surface area contributed by atoms with Gasteiger partial charge in [-0.1, -0.05) is 0 Å². The van der Waals surface area contributed by atoms with Gasteiger partial charge in [0.2, 0.25) is 0 Å². The Balaban J connectivity index is 0. The van der Waals surface area contributed by atoms with Gasteiger partial charge >= 0.3 is 0 Å². The normalized spacial score (nSPS) is 0. The molecule has 0 saturated carbocycles. The molecule has 0 unspecified atom stereocenters. The van der Waals surface area contributed by atoms with Crippen molar-refractivity contribution in [1.29, 1.82) is 0 Å². The summed E-state index contributed by atoms with van der Waals surface area (Å²) >= 11 is 0. The summed E-state index contributed by atoms with van der Waals surface area (Å²) in [4.78, 5) is 0. The van der Waals surface area contributed by atoms with Gasteiger partial charge in [0.05, 0.1) is 0 Å². The second-order valence-electron chi connectivity index (χ2n) is 0. The molecule has 0 nitrogen and oxygen atoms in total. The van der Waals surface area contributed by atoms with Gasteiger partial charge in [0.15, 0.2) is 0 Å². The van der Waals surface area contributed by atoms with Crippen molar-refractivity contribution in [2.45, 2.75) is 0 Å². The Kier molecular flexibility index (Phi) is 110. The zero-order valence-corrected chi connectivity index (χ0v) is 15.3. The SMILES string of the molecule is [Bi].[Pb].[Sn].[Zn]. The first-order valence-corrected chi connectivity index (χ1v) is 0. The number of rotatable bonds is 0. The average molecular weight is 600 g/mol. The number of hydrogen-bond donors (Lipinski definition) is 0. The fraction of sp³-hybridized carbons (Fsp3) is 0. The molecule has 0 aromatic carbocycles. The molecule has 0 aliphatic carbocycles. The summed E-state index contributed by atoms with van der Waals surface area (Å²) in [7, 11) is 0. The van der Waals surface area contributed by atoms with Gasteiger partial charge in [-0.2, -0.15) is 0 Å². The van der Waals surface area contributed by atoms with Crippen LogP contribution in [0.4, 0.5) is 0 Å². The molecule has 0 amide bonds. The molecule has 15 valence electrons. The van der Waals surface area contributed by atoms with E-state index in [1.807, 2.05) is 0 Å². The molecular weight excluding hydrogens is 600 g/mol. The zero-order chi connectivity index (χ0) is 0. The van der Waals surface area contributed by atoms with Gasteiger partial charge < -0.3 is 0 Å². The van der Waals surface area contributed by atoms with Crippen molar-refractivity contribution in [1.82, 2.24) is 0 Å². The quantitative estimate of drug-likeness (QED) is 0.309. The van der Waals surface area contributed by atoms with Crippen LogP contribution in [-0.4, -0.2) is 77.4 Å². The van der Waals surface area contributed by atoms with Crippen LogP contribution in [0.25, 0.3) is 0 Å². The molecule has 0 heterocycles. The molecule has 0 aromatic heterocycles. The average Bonchev–Trinajstić information content (AvgIpc) is 0. The molecule has 0 N–H and O–H groups in total. The maximum atomic E-state index is 0. The third-order valence-electron chi connectivity index (χ3n) is 0. The third kappa shape index (κ3) is 8.97. The molecule has 4 heteroatoms. The van der Waals surface area contributed by atoms with Crippen LogP contribution in [-0.2, 0) is 19.5 Å². The van der Waals surface area contributed by atoms with Gasteiger partial charge in [-0.3, -0.25) is 0 Å². The van der Waals surface area contributed by atoms with Crippen LogP contribution in [0.3, 0.4) is 0 Å². The van der Waals surface area contributed by atoms with Crippen molar-refractivity contribution in [3.63, 3.8) is 0 Å². The third-order valence-corrected chi connectivity index (χ3v) is 0. The first-order valence-electron chi connectivity index (χ1n) is 0. The number of hydrogen-bond acceptors (Lipinski definition) is 0. The van der Waals surface area contributed by atoms with Crippen LogP contribution < -0.4 is 0 Å². The van der Waals surface area contributed by atoms with E-state index in [0.717, 1.165) is 0 Å². The molecule has 0 fully saturated rings. The maximum Gasteiger partial charge on any atom is 0 e. The van der Waals surface area contributed by atoms with Gasteiger partial charge in [0.1, 0.15) is 0 Å². The van der Waals surface area contributed by atoms with Crippen LogP contribution in [0.1, 0.15) is 0 Å². The van der Waals surface area contributed by atoms with Gasteiger partial charge in [0, 0.05) is 96.9 Å². The maximum absolute atomic E-state index is 0. The molecule has 11 radical (unpaired) electrons. The first kappa shape index (κ1) is 26.9. The van der Waals surface area contributed by atoms with Crippen molar-refractivity contribution >= 4 is 77.4 Å². The Morgan fingerprint density at radius 2 is 1.00 bits per heavy atom. The molecule has 0 spiro atoms. The minimum atomic E-state index is 0. The Hall–Kier alpha value is 3.23. The summed E-state index contributed by atoms with van der Waals surface area (Å²) in [5, 5.41) is 0. The van der Waals surface area contributed by atoms with E-state index in [0.29, 0.717) is 0 Å². The smallest absolute Gasteiger partial charge is 0 e. The molecular formula is BiPbSnZn. The van der Waals surface area contributed by atoms with Crippen molar-refractivity contribution < 1.29 is 19.5 Å². The molecule has 0 aliphatic rings. The van der Waals surface area contributed by atoms with E-state index in [4.69, 9.17) is 0 Å². The summed E-state index contributed by atoms with van der Waals surface area (Å²) in [5.74, 6) is 0. The molecule has 0 bridgehead atoms. The van der Waals surface area contributed by atoms with E-state index in [9.17, 15) is 0 Å². The zero-order valence-electron chi connectivity index (χ0n) is 2.15. The van der Waals surface area contributed by atoms with E-state index in [1.54, 1.807) is 0 Å². The Morgan fingerprint density at radius 3 is 1.00 bits per heavy atom. The molecule has 0 aliphatic heterocycles. The van der Waals surface area contributed by atoms with Crippen molar-refractivity contribution in [3.8, 4) is 0 Å². The van der Waals surface area contributed by atoms with Crippen LogP contribution in [0.15, 0.2) is 0 Å². The monoisotopic (exact) mass is 601 g/mol. The molecule has 0 saturated heterocycles. The summed E-state index contributed by atoms with van der Waals surface area (Å²) in [6.45, 7) is 0. The summed E-state index contributed by atoms with van der Waals surface area (Å²) < 4.78 is 0. The second-order valence-corrected chi connectivity index (χ2v) is 0. The molecule has 0 rings (SSSR count). The van der Waals surface area contributed by atoms with Gasteiger partial charge in [-0.15, -0.1) is 0 Å². The van der Waals surface area contributed by atoms with E-state index >= 15 is 0 Å². The topological polar surface area (TPSA) is 0 Å². The van der Waals surface area contributed by atoms with Crippen molar-refractivity contribution in [3.05, 3.63) is 0 Å². The predicted molar refractivity (Wildman–Crippen MR) is 17.3 cm³/mol. The largest absolute Gasteiger partial charge is 0 e. The van der Waals surface area contributed by atoms with Crippen LogP contribution in [0.5, 0.6) is 0 Å². The summed E-state index contributed by atoms with van der Waals surface area (Å²) in [5.41, 5.74) is 0. The van der Waals surface area contributed by atoms with Crippen molar-refractivity contribution in [2.75, 3.05) is 0 Å². The Labute approximate surface area is 94.9 Å². The van der Waals surface area contributed by atoms with E-state index < -0.39 is 0 Å². The molecule has 0 aromatic rings. The standard InChI is InChI=1S/Bi.Pb.Sn.Zn. The van der Waals surface area contributed by atoms with Crippen LogP contribution in [0, 0.1) is 0 Å². The second kappa shape index (κ2) is 16.3. The fourth-order valence-electron chi connectivity index (χ4n) is 0. The van der Waals surface area contributed by atoms with Crippen LogP contribution in [0.2, 0.25) is 0 Å². The van der Waals surface area contributed by atoms with Gasteiger partial charge in [0.25, 0.3) is 0 Å².